The van der Waals surface area contributed by atoms with Gasteiger partial charge >= 0.3 is 0 Å². The number of imidazole rings is 1. The quantitative estimate of drug-likeness (QED) is 0.449. The highest BCUT2D eigenvalue weighted by Gasteiger charge is 2.14. The standard InChI is InChI=1S/C16H20ClN3OSSi/c1-23(2,3)9-8-21-11-20-7-6-19-16(20)14-10-13-15(22-14)12(17)4-5-18-13/h4-7,10H,8-9,11H2,1-3H3. The van der Waals surface area contributed by atoms with Gasteiger partial charge in [-0.15, -0.1) is 11.3 Å². The number of rotatable bonds is 6. The first kappa shape index (κ1) is 16.6. The highest BCUT2D eigenvalue weighted by Crippen LogP contribution is 2.35. The summed E-state index contributed by atoms with van der Waals surface area (Å²) in [5.41, 5.74) is 0.909. The molecular weight excluding hydrogens is 346 g/mol. The van der Waals surface area contributed by atoms with Gasteiger partial charge in [0.2, 0.25) is 0 Å². The van der Waals surface area contributed by atoms with Gasteiger partial charge in [0.15, 0.2) is 5.82 Å². The molecule has 122 valence electrons. The summed E-state index contributed by atoms with van der Waals surface area (Å²) in [4.78, 5) is 9.89. The van der Waals surface area contributed by atoms with Gasteiger partial charge in [0.05, 0.1) is 20.1 Å². The second-order valence-corrected chi connectivity index (χ2v) is 13.8. The third kappa shape index (κ3) is 4.01. The summed E-state index contributed by atoms with van der Waals surface area (Å²) in [6, 6.07) is 5.02. The van der Waals surface area contributed by atoms with Crippen molar-refractivity contribution in [3.63, 3.8) is 0 Å². The summed E-state index contributed by atoms with van der Waals surface area (Å²) in [5.74, 6) is 0.900. The van der Waals surface area contributed by atoms with Crippen LogP contribution in [0.25, 0.3) is 20.9 Å². The van der Waals surface area contributed by atoms with E-state index in [0.717, 1.165) is 32.5 Å². The molecule has 0 saturated heterocycles. The van der Waals surface area contributed by atoms with Gasteiger partial charge in [0.1, 0.15) is 6.73 Å². The van der Waals surface area contributed by atoms with Gasteiger partial charge in [0, 0.05) is 33.3 Å². The van der Waals surface area contributed by atoms with Crippen molar-refractivity contribution in [3.05, 3.63) is 35.7 Å². The molecule has 3 aromatic heterocycles. The molecule has 0 N–H and O–H groups in total. The predicted molar refractivity (Wildman–Crippen MR) is 100.0 cm³/mol. The molecule has 0 aliphatic carbocycles. The summed E-state index contributed by atoms with van der Waals surface area (Å²) < 4.78 is 8.86. The minimum absolute atomic E-state index is 0.523. The fourth-order valence-electron chi connectivity index (χ4n) is 2.20. The second kappa shape index (κ2) is 6.73. The maximum Gasteiger partial charge on any atom is 0.151 e. The fourth-order valence-corrected chi connectivity index (χ4v) is 4.26. The largest absolute Gasteiger partial charge is 0.361 e. The lowest BCUT2D eigenvalue weighted by atomic mass is 10.3. The summed E-state index contributed by atoms with van der Waals surface area (Å²) in [7, 11) is -1.06. The molecule has 0 amide bonds. The highest BCUT2D eigenvalue weighted by atomic mass is 35.5. The minimum atomic E-state index is -1.06. The number of pyridine rings is 1. The maximum absolute atomic E-state index is 6.24. The Hall–Kier alpha value is -1.21. The Morgan fingerprint density at radius 1 is 1.26 bits per heavy atom. The number of halogens is 1. The molecule has 0 saturated carbocycles. The summed E-state index contributed by atoms with van der Waals surface area (Å²) in [6.07, 6.45) is 5.48. The topological polar surface area (TPSA) is 39.9 Å². The number of fused-ring (bicyclic) bond motifs is 1. The van der Waals surface area contributed by atoms with E-state index in [9.17, 15) is 0 Å². The van der Waals surface area contributed by atoms with Crippen LogP contribution in [0.1, 0.15) is 0 Å². The van der Waals surface area contributed by atoms with Gasteiger partial charge in [-0.2, -0.15) is 0 Å². The minimum Gasteiger partial charge on any atom is -0.361 e. The van der Waals surface area contributed by atoms with Gasteiger partial charge in [0.25, 0.3) is 0 Å². The molecular formula is C16H20ClN3OSSi. The van der Waals surface area contributed by atoms with Crippen LogP contribution in [0.3, 0.4) is 0 Å². The van der Waals surface area contributed by atoms with E-state index < -0.39 is 8.07 Å². The maximum atomic E-state index is 6.24. The molecule has 7 heteroatoms. The average molecular weight is 366 g/mol. The van der Waals surface area contributed by atoms with E-state index in [2.05, 4.69) is 29.6 Å². The fraction of sp³-hybridized carbons (Fsp3) is 0.375. The predicted octanol–water partition coefficient (Wildman–Crippen LogP) is 5.13. The Kier molecular flexibility index (Phi) is 4.87. The van der Waals surface area contributed by atoms with Crippen LogP contribution in [0.5, 0.6) is 0 Å². The van der Waals surface area contributed by atoms with Gasteiger partial charge < -0.3 is 9.30 Å². The van der Waals surface area contributed by atoms with Gasteiger partial charge in [-0.1, -0.05) is 31.2 Å². The highest BCUT2D eigenvalue weighted by molar-refractivity contribution is 7.22. The molecule has 0 unspecified atom stereocenters. The Bertz CT molecular complexity index is 809. The molecule has 4 nitrogen and oxygen atoms in total. The molecule has 3 heterocycles. The van der Waals surface area contributed by atoms with E-state index in [4.69, 9.17) is 16.3 Å². The second-order valence-electron chi connectivity index (χ2n) is 6.69. The van der Waals surface area contributed by atoms with Crippen LogP contribution >= 0.6 is 22.9 Å². The Morgan fingerprint density at radius 3 is 2.83 bits per heavy atom. The van der Waals surface area contributed by atoms with E-state index in [1.165, 1.54) is 6.04 Å². The van der Waals surface area contributed by atoms with E-state index >= 15 is 0 Å². The molecule has 0 fully saturated rings. The van der Waals surface area contributed by atoms with Crippen LogP contribution in [0.15, 0.2) is 30.7 Å². The molecule has 0 bridgehead atoms. The van der Waals surface area contributed by atoms with Crippen molar-refractivity contribution in [2.24, 2.45) is 0 Å². The van der Waals surface area contributed by atoms with Gasteiger partial charge in [-0.25, -0.2) is 4.98 Å². The molecule has 0 aromatic carbocycles. The molecule has 23 heavy (non-hydrogen) atoms. The van der Waals surface area contributed by atoms with Crippen LogP contribution in [-0.2, 0) is 11.5 Å². The molecule has 0 spiro atoms. The molecule has 0 aliphatic rings. The van der Waals surface area contributed by atoms with Gasteiger partial charge in [-0.3, -0.25) is 4.98 Å². The number of hydrogen-bond donors (Lipinski definition) is 0. The van der Waals surface area contributed by atoms with E-state index in [1.807, 2.05) is 22.9 Å². The number of nitrogens with zero attached hydrogens (tertiary/aromatic N) is 3. The first-order valence-corrected chi connectivity index (χ1v) is 12.5. The zero-order valence-electron chi connectivity index (χ0n) is 13.5. The first-order chi connectivity index (χ1) is 10.9. The van der Waals surface area contributed by atoms with Crippen LogP contribution in [0.2, 0.25) is 30.7 Å². The Balaban J connectivity index is 1.76. The zero-order valence-corrected chi connectivity index (χ0v) is 16.1. The van der Waals surface area contributed by atoms with Crippen molar-refractivity contribution in [2.75, 3.05) is 6.61 Å². The lowest BCUT2D eigenvalue weighted by Gasteiger charge is -2.15. The van der Waals surface area contributed by atoms with Crippen molar-refractivity contribution < 1.29 is 4.74 Å². The summed E-state index contributed by atoms with van der Waals surface area (Å²) >= 11 is 7.85. The molecule has 3 aromatic rings. The third-order valence-corrected chi connectivity index (χ3v) is 6.81. The molecule has 3 rings (SSSR count). The number of ether oxygens (including phenoxy) is 1. The van der Waals surface area contributed by atoms with Crippen molar-refractivity contribution in [1.29, 1.82) is 0 Å². The monoisotopic (exact) mass is 365 g/mol. The van der Waals surface area contributed by atoms with Crippen LogP contribution < -0.4 is 0 Å². The zero-order chi connectivity index (χ0) is 16.4. The molecule has 0 atom stereocenters. The van der Waals surface area contributed by atoms with E-state index in [-0.39, 0.29) is 0 Å². The number of hydrogen-bond acceptors (Lipinski definition) is 4. The van der Waals surface area contributed by atoms with Crippen molar-refractivity contribution >= 4 is 41.2 Å². The first-order valence-electron chi connectivity index (χ1n) is 7.57. The number of thiophene rings is 1. The third-order valence-electron chi connectivity index (χ3n) is 3.53. The van der Waals surface area contributed by atoms with E-state index in [0.29, 0.717) is 6.73 Å². The van der Waals surface area contributed by atoms with Crippen LogP contribution in [0.4, 0.5) is 0 Å². The van der Waals surface area contributed by atoms with Crippen molar-refractivity contribution in [3.8, 4) is 10.7 Å². The number of aromatic nitrogens is 3. The summed E-state index contributed by atoms with van der Waals surface area (Å²) in [6.45, 7) is 8.38. The van der Waals surface area contributed by atoms with Crippen LogP contribution in [0, 0.1) is 0 Å². The normalized spacial score (nSPS) is 12.2. The van der Waals surface area contributed by atoms with Gasteiger partial charge in [-0.05, 0) is 18.2 Å². The lowest BCUT2D eigenvalue weighted by molar-refractivity contribution is 0.0883. The lowest BCUT2D eigenvalue weighted by Crippen LogP contribution is -2.22. The van der Waals surface area contributed by atoms with Crippen molar-refractivity contribution in [2.45, 2.75) is 32.4 Å². The molecule has 0 radical (unpaired) electrons. The SMILES string of the molecule is C[Si](C)(C)CCOCn1ccnc1-c1cc2nccc(Cl)c2s1. The molecule has 0 aliphatic heterocycles. The summed E-state index contributed by atoms with van der Waals surface area (Å²) in [5, 5.41) is 0.732. The average Bonchev–Trinajstić information content (AvgIpc) is 3.09. The van der Waals surface area contributed by atoms with E-state index in [1.54, 1.807) is 23.7 Å². The smallest absolute Gasteiger partial charge is 0.151 e. The Morgan fingerprint density at radius 2 is 2.09 bits per heavy atom. The van der Waals surface area contributed by atoms with Crippen molar-refractivity contribution in [1.82, 2.24) is 14.5 Å². The Labute approximate surface area is 146 Å². The van der Waals surface area contributed by atoms with Crippen LogP contribution in [-0.4, -0.2) is 29.2 Å².